The molecule has 0 aromatic heterocycles. The number of aryl methyl sites for hydroxylation is 1. The first kappa shape index (κ1) is 12.5. The minimum atomic E-state index is -3.22. The Morgan fingerprint density at radius 1 is 1.50 bits per heavy atom. The van der Waals surface area contributed by atoms with Gasteiger partial charge in [-0.2, -0.15) is 4.39 Å². The molecule has 0 N–H and O–H groups in total. The summed E-state index contributed by atoms with van der Waals surface area (Å²) in [5, 5.41) is 0. The van der Waals surface area contributed by atoms with Crippen LogP contribution in [0.15, 0.2) is 30.6 Å². The molecule has 0 aliphatic heterocycles. The molecule has 1 unspecified atom stereocenters. The Labute approximate surface area is 90.3 Å². The Balaban J connectivity index is 2.99. The summed E-state index contributed by atoms with van der Waals surface area (Å²) < 4.78 is 55.6. The van der Waals surface area contributed by atoms with Crippen molar-refractivity contribution < 1.29 is 22.3 Å². The van der Waals surface area contributed by atoms with E-state index in [1.54, 1.807) is 0 Å². The molecule has 0 saturated heterocycles. The summed E-state index contributed by atoms with van der Waals surface area (Å²) in [7, 11) is 0. The summed E-state index contributed by atoms with van der Waals surface area (Å²) in [5.74, 6) is -5.48. The molecule has 0 aliphatic rings. The first-order chi connectivity index (χ1) is 7.39. The lowest BCUT2D eigenvalue weighted by molar-refractivity contribution is -0.0622. The highest BCUT2D eigenvalue weighted by atomic mass is 19.2. The molecule has 0 fully saturated rings. The summed E-state index contributed by atoms with van der Waals surface area (Å²) >= 11 is 0. The fraction of sp³-hybridized carbons (Fsp3) is 0.273. The molecule has 1 rings (SSSR count). The number of benzene rings is 1. The molecule has 0 aliphatic carbocycles. The summed E-state index contributed by atoms with van der Waals surface area (Å²) in [4.78, 5) is 0. The van der Waals surface area contributed by atoms with E-state index in [0.717, 1.165) is 18.2 Å². The van der Waals surface area contributed by atoms with E-state index in [0.29, 0.717) is 0 Å². The minimum Gasteiger partial charge on any atom is -0.449 e. The molecule has 0 spiro atoms. The van der Waals surface area contributed by atoms with Crippen molar-refractivity contribution in [2.45, 2.75) is 12.8 Å². The van der Waals surface area contributed by atoms with Gasteiger partial charge in [0.1, 0.15) is 11.6 Å². The number of ether oxygens (including phenoxy) is 1. The van der Waals surface area contributed by atoms with E-state index in [-0.39, 0.29) is 11.3 Å². The normalized spacial score (nSPS) is 14.3. The molecule has 1 nitrogen and oxygen atoms in total. The highest BCUT2D eigenvalue weighted by Gasteiger charge is 2.37. The largest absolute Gasteiger partial charge is 0.449 e. The molecule has 0 heterocycles. The van der Waals surface area contributed by atoms with Crippen LogP contribution in [0.5, 0.6) is 5.75 Å². The number of halogens is 4. The molecule has 0 bridgehead atoms. The molecule has 1 aromatic rings. The van der Waals surface area contributed by atoms with Gasteiger partial charge in [0.2, 0.25) is 0 Å². The average molecular weight is 234 g/mol. The summed E-state index contributed by atoms with van der Waals surface area (Å²) in [6.45, 7) is 2.38. The predicted octanol–water partition coefficient (Wildman–Crippen LogP) is 3.63. The van der Waals surface area contributed by atoms with Gasteiger partial charge in [-0.3, -0.25) is 0 Å². The minimum absolute atomic E-state index is 0.139. The Morgan fingerprint density at radius 2 is 2.12 bits per heavy atom. The van der Waals surface area contributed by atoms with Crippen molar-refractivity contribution in [3.8, 4) is 5.75 Å². The van der Waals surface area contributed by atoms with Crippen LogP contribution in [0.25, 0.3) is 0 Å². The number of alkyl halides is 2. The Kier molecular flexibility index (Phi) is 3.57. The van der Waals surface area contributed by atoms with Gasteiger partial charge in [-0.05, 0) is 30.7 Å². The van der Waals surface area contributed by atoms with Crippen molar-refractivity contribution >= 4 is 0 Å². The number of hydrogen-bond acceptors (Lipinski definition) is 1. The van der Waals surface area contributed by atoms with Gasteiger partial charge in [0.25, 0.3) is 0 Å². The van der Waals surface area contributed by atoms with Gasteiger partial charge in [-0.25, -0.2) is 13.2 Å². The van der Waals surface area contributed by atoms with Gasteiger partial charge in [0.15, 0.2) is 12.5 Å². The lowest BCUT2D eigenvalue weighted by atomic mass is 10.2. The predicted molar refractivity (Wildman–Crippen MR) is 51.8 cm³/mol. The highest BCUT2D eigenvalue weighted by Crippen LogP contribution is 2.29. The molecule has 1 aromatic carbocycles. The van der Waals surface area contributed by atoms with Gasteiger partial charge >= 0.3 is 5.85 Å². The fourth-order valence-electron chi connectivity index (χ4n) is 1.06. The number of rotatable bonds is 4. The second-order valence-electron chi connectivity index (χ2n) is 3.28. The van der Waals surface area contributed by atoms with Crippen LogP contribution in [-0.4, -0.2) is 12.5 Å². The van der Waals surface area contributed by atoms with E-state index < -0.39 is 24.2 Å². The van der Waals surface area contributed by atoms with Crippen LogP contribution >= 0.6 is 0 Å². The smallest absolute Gasteiger partial charge is 0.327 e. The van der Waals surface area contributed by atoms with E-state index >= 15 is 0 Å². The molecule has 0 amide bonds. The van der Waals surface area contributed by atoms with Crippen molar-refractivity contribution in [1.29, 1.82) is 0 Å². The molecule has 0 radical (unpaired) electrons. The van der Waals surface area contributed by atoms with Crippen molar-refractivity contribution in [2.75, 3.05) is 6.67 Å². The van der Waals surface area contributed by atoms with Crippen molar-refractivity contribution in [3.63, 3.8) is 0 Å². The van der Waals surface area contributed by atoms with Crippen LogP contribution < -0.4 is 4.74 Å². The molecule has 0 saturated carbocycles. The van der Waals surface area contributed by atoms with Gasteiger partial charge in [-0.15, -0.1) is 0 Å². The van der Waals surface area contributed by atoms with E-state index in [2.05, 4.69) is 11.3 Å². The Morgan fingerprint density at radius 3 is 2.56 bits per heavy atom. The first-order valence-corrected chi connectivity index (χ1v) is 4.44. The van der Waals surface area contributed by atoms with E-state index in [4.69, 9.17) is 0 Å². The summed E-state index contributed by atoms with van der Waals surface area (Å²) in [6, 6.07) is 3.16. The monoisotopic (exact) mass is 234 g/mol. The van der Waals surface area contributed by atoms with Gasteiger partial charge in [0.05, 0.1) is 0 Å². The Bertz CT molecular complexity index is 405. The standard InChI is InChI=1S/C11H10F4O/c1-7-5-9(14)3-4-10(7)16-11(15,6-12)8(2)13/h3-5H,2,6H2,1H3. The van der Waals surface area contributed by atoms with Crippen molar-refractivity contribution in [3.05, 3.63) is 42.0 Å². The Hall–Kier alpha value is -1.52. The van der Waals surface area contributed by atoms with Crippen LogP contribution in [0.3, 0.4) is 0 Å². The summed E-state index contributed by atoms with van der Waals surface area (Å²) in [5.41, 5.74) is 0.233. The lowest BCUT2D eigenvalue weighted by Crippen LogP contribution is -2.34. The zero-order valence-corrected chi connectivity index (χ0v) is 8.57. The zero-order chi connectivity index (χ0) is 12.3. The van der Waals surface area contributed by atoms with E-state index in [1.807, 2.05) is 0 Å². The van der Waals surface area contributed by atoms with Crippen LogP contribution in [-0.2, 0) is 0 Å². The lowest BCUT2D eigenvalue weighted by Gasteiger charge is -2.22. The van der Waals surface area contributed by atoms with Crippen LogP contribution in [0, 0.1) is 12.7 Å². The third-order valence-electron chi connectivity index (χ3n) is 1.99. The van der Waals surface area contributed by atoms with E-state index in [1.165, 1.54) is 6.92 Å². The molecule has 5 heteroatoms. The average Bonchev–Trinajstić information content (AvgIpc) is 2.22. The van der Waals surface area contributed by atoms with E-state index in [9.17, 15) is 17.6 Å². The fourth-order valence-corrected chi connectivity index (χ4v) is 1.06. The topological polar surface area (TPSA) is 9.23 Å². The number of hydrogen-bond donors (Lipinski definition) is 0. The maximum absolute atomic E-state index is 13.4. The SMILES string of the molecule is C=C(F)C(F)(CF)Oc1ccc(F)cc1C. The molecule has 16 heavy (non-hydrogen) atoms. The third kappa shape index (κ3) is 2.53. The van der Waals surface area contributed by atoms with Crippen molar-refractivity contribution in [2.24, 2.45) is 0 Å². The van der Waals surface area contributed by atoms with Crippen LogP contribution in [0.2, 0.25) is 0 Å². The van der Waals surface area contributed by atoms with Crippen LogP contribution in [0.4, 0.5) is 17.6 Å². The summed E-state index contributed by atoms with van der Waals surface area (Å²) in [6.07, 6.45) is 0. The molecule has 1 atom stereocenters. The maximum Gasteiger partial charge on any atom is 0.327 e. The first-order valence-electron chi connectivity index (χ1n) is 4.44. The quantitative estimate of drug-likeness (QED) is 0.723. The second-order valence-corrected chi connectivity index (χ2v) is 3.28. The highest BCUT2D eigenvalue weighted by molar-refractivity contribution is 5.33. The molecular formula is C11H10F4O. The van der Waals surface area contributed by atoms with Crippen LogP contribution in [0.1, 0.15) is 5.56 Å². The zero-order valence-electron chi connectivity index (χ0n) is 8.57. The molecule has 88 valence electrons. The second kappa shape index (κ2) is 4.55. The van der Waals surface area contributed by atoms with Gasteiger partial charge in [-0.1, -0.05) is 6.58 Å². The van der Waals surface area contributed by atoms with Gasteiger partial charge < -0.3 is 4.74 Å². The van der Waals surface area contributed by atoms with Gasteiger partial charge in [0, 0.05) is 0 Å². The van der Waals surface area contributed by atoms with Crippen molar-refractivity contribution in [1.82, 2.24) is 0 Å². The maximum atomic E-state index is 13.4. The molecular weight excluding hydrogens is 224 g/mol. The third-order valence-corrected chi connectivity index (χ3v) is 1.99.